The molecule has 0 bridgehead atoms. The van der Waals surface area contributed by atoms with Crippen LogP contribution in [0.4, 0.5) is 0 Å². The van der Waals surface area contributed by atoms with E-state index >= 15 is 0 Å². The Kier molecular flexibility index (Phi) is 8.40. The second kappa shape index (κ2) is 11.0. The van der Waals surface area contributed by atoms with E-state index in [1.807, 2.05) is 50.2 Å². The minimum absolute atomic E-state index is 0.157. The van der Waals surface area contributed by atoms with Gasteiger partial charge in [0.1, 0.15) is 12.6 Å². The number of hydrogen-bond donors (Lipinski definition) is 1. The summed E-state index contributed by atoms with van der Waals surface area (Å²) in [5.74, 6) is -1.28. The van der Waals surface area contributed by atoms with Crippen LogP contribution in [0.2, 0.25) is 0 Å². The van der Waals surface area contributed by atoms with Gasteiger partial charge in [0, 0.05) is 12.1 Å². The zero-order chi connectivity index (χ0) is 21.2. The molecule has 0 saturated carbocycles. The first-order chi connectivity index (χ1) is 13.9. The molecular formula is C23H28N2O4. The predicted molar refractivity (Wildman–Crippen MR) is 111 cm³/mol. The number of benzene rings is 2. The van der Waals surface area contributed by atoms with Gasteiger partial charge >= 0.3 is 5.97 Å². The van der Waals surface area contributed by atoms with E-state index in [1.54, 1.807) is 31.2 Å². The highest BCUT2D eigenvalue weighted by molar-refractivity contribution is 5.98. The average Bonchev–Trinajstić information content (AvgIpc) is 2.72. The predicted octanol–water partition coefficient (Wildman–Crippen LogP) is 3.03. The van der Waals surface area contributed by atoms with E-state index in [4.69, 9.17) is 4.74 Å². The normalized spacial score (nSPS) is 11.6. The molecule has 6 heteroatoms. The summed E-state index contributed by atoms with van der Waals surface area (Å²) in [6.45, 7) is 5.76. The van der Waals surface area contributed by atoms with Crippen molar-refractivity contribution in [2.75, 3.05) is 13.2 Å². The number of nitrogens with zero attached hydrogens (tertiary/aromatic N) is 1. The van der Waals surface area contributed by atoms with E-state index in [9.17, 15) is 14.4 Å². The molecule has 1 atom stereocenters. The highest BCUT2D eigenvalue weighted by Crippen LogP contribution is 2.12. The molecule has 1 unspecified atom stereocenters. The summed E-state index contributed by atoms with van der Waals surface area (Å²) in [5, 5.41) is 2.82. The molecule has 0 spiro atoms. The Bertz CT molecular complexity index is 806. The Hall–Kier alpha value is -3.15. The zero-order valence-corrected chi connectivity index (χ0v) is 17.1. The molecule has 0 radical (unpaired) electrons. The average molecular weight is 396 g/mol. The van der Waals surface area contributed by atoms with Crippen LogP contribution >= 0.6 is 0 Å². The Balaban J connectivity index is 2.21. The third-order valence-electron chi connectivity index (χ3n) is 4.41. The number of esters is 1. The van der Waals surface area contributed by atoms with Gasteiger partial charge in [0.05, 0.1) is 6.61 Å². The Morgan fingerprint density at radius 2 is 1.55 bits per heavy atom. The van der Waals surface area contributed by atoms with Crippen molar-refractivity contribution in [2.45, 2.75) is 33.4 Å². The number of rotatable bonds is 9. The van der Waals surface area contributed by atoms with Crippen LogP contribution in [0.1, 0.15) is 36.7 Å². The number of hydrogen-bond acceptors (Lipinski definition) is 4. The molecule has 2 amide bonds. The minimum atomic E-state index is -0.763. The van der Waals surface area contributed by atoms with E-state index in [0.29, 0.717) is 5.56 Å². The Morgan fingerprint density at radius 1 is 0.966 bits per heavy atom. The molecule has 0 aliphatic heterocycles. The highest BCUT2D eigenvalue weighted by atomic mass is 16.5. The second-order valence-electron chi connectivity index (χ2n) is 7.05. The van der Waals surface area contributed by atoms with Gasteiger partial charge in [-0.1, -0.05) is 62.4 Å². The van der Waals surface area contributed by atoms with Crippen molar-refractivity contribution < 1.29 is 19.1 Å². The summed E-state index contributed by atoms with van der Waals surface area (Å²) >= 11 is 0. The second-order valence-corrected chi connectivity index (χ2v) is 7.05. The molecule has 2 aromatic carbocycles. The fourth-order valence-electron chi connectivity index (χ4n) is 2.90. The molecule has 0 heterocycles. The van der Waals surface area contributed by atoms with E-state index < -0.39 is 12.0 Å². The van der Waals surface area contributed by atoms with Crippen LogP contribution in [0.15, 0.2) is 60.7 Å². The quantitative estimate of drug-likeness (QED) is 0.661. The fraction of sp³-hybridized carbons (Fsp3) is 0.348. The van der Waals surface area contributed by atoms with Gasteiger partial charge in [0.15, 0.2) is 0 Å². The van der Waals surface area contributed by atoms with Crippen molar-refractivity contribution in [3.63, 3.8) is 0 Å². The van der Waals surface area contributed by atoms with Gasteiger partial charge in [-0.05, 0) is 30.5 Å². The van der Waals surface area contributed by atoms with Crippen LogP contribution in [0.5, 0.6) is 0 Å². The summed E-state index contributed by atoms with van der Waals surface area (Å²) in [6.07, 6.45) is 0. The maximum absolute atomic E-state index is 13.3. The summed E-state index contributed by atoms with van der Waals surface area (Å²) in [4.78, 5) is 39.4. The Labute approximate surface area is 171 Å². The first kappa shape index (κ1) is 22.1. The minimum Gasteiger partial charge on any atom is -0.465 e. The van der Waals surface area contributed by atoms with Crippen LogP contribution in [0.3, 0.4) is 0 Å². The van der Waals surface area contributed by atoms with Crippen molar-refractivity contribution >= 4 is 17.8 Å². The van der Waals surface area contributed by atoms with Gasteiger partial charge in [0.25, 0.3) is 5.91 Å². The molecule has 1 N–H and O–H groups in total. The number of amides is 2. The van der Waals surface area contributed by atoms with Gasteiger partial charge in [-0.25, -0.2) is 0 Å². The summed E-state index contributed by atoms with van der Waals surface area (Å²) in [6, 6.07) is 17.4. The van der Waals surface area contributed by atoms with Crippen LogP contribution in [0, 0.1) is 5.92 Å². The van der Waals surface area contributed by atoms with E-state index in [0.717, 1.165) is 5.56 Å². The molecule has 0 saturated heterocycles. The lowest BCUT2D eigenvalue weighted by Crippen LogP contribution is -2.52. The van der Waals surface area contributed by atoms with E-state index in [-0.39, 0.29) is 37.4 Å². The van der Waals surface area contributed by atoms with E-state index in [1.165, 1.54) is 4.90 Å². The maximum atomic E-state index is 13.3. The molecule has 29 heavy (non-hydrogen) atoms. The summed E-state index contributed by atoms with van der Waals surface area (Å²) in [5.41, 5.74) is 1.37. The van der Waals surface area contributed by atoms with Crippen LogP contribution in [0.25, 0.3) is 0 Å². The summed E-state index contributed by atoms with van der Waals surface area (Å²) < 4.78 is 5.03. The van der Waals surface area contributed by atoms with Crippen molar-refractivity contribution in [3.05, 3.63) is 71.8 Å². The standard InChI is InChI=1S/C23H28N2O4/c1-4-29-20(26)16-25(15-18-11-7-5-8-12-18)23(28)21(17(2)3)24-22(27)19-13-9-6-10-14-19/h5-14,17,21H,4,15-16H2,1-3H3,(H,24,27). The highest BCUT2D eigenvalue weighted by Gasteiger charge is 2.30. The lowest BCUT2D eigenvalue weighted by Gasteiger charge is -2.29. The van der Waals surface area contributed by atoms with Gasteiger partial charge in [0.2, 0.25) is 5.91 Å². The SMILES string of the molecule is CCOC(=O)CN(Cc1ccccc1)C(=O)C(NC(=O)c1ccccc1)C(C)C. The molecular weight excluding hydrogens is 368 g/mol. The number of nitrogens with one attached hydrogen (secondary N) is 1. The zero-order valence-electron chi connectivity index (χ0n) is 17.1. The van der Waals surface area contributed by atoms with Crippen molar-refractivity contribution in [3.8, 4) is 0 Å². The van der Waals surface area contributed by atoms with Crippen LogP contribution in [-0.4, -0.2) is 41.9 Å². The molecule has 0 aliphatic rings. The smallest absolute Gasteiger partial charge is 0.325 e. The van der Waals surface area contributed by atoms with Crippen molar-refractivity contribution in [2.24, 2.45) is 5.92 Å². The number of carbonyl (C=O) groups is 3. The third kappa shape index (κ3) is 6.75. The van der Waals surface area contributed by atoms with Crippen LogP contribution in [-0.2, 0) is 20.9 Å². The number of carbonyl (C=O) groups excluding carboxylic acids is 3. The lowest BCUT2D eigenvalue weighted by molar-refractivity contribution is -0.150. The molecule has 0 aromatic heterocycles. The fourth-order valence-corrected chi connectivity index (χ4v) is 2.90. The molecule has 2 aromatic rings. The molecule has 0 fully saturated rings. The van der Waals surface area contributed by atoms with Gasteiger partial charge < -0.3 is 15.0 Å². The molecule has 0 aliphatic carbocycles. The van der Waals surface area contributed by atoms with Gasteiger partial charge in [-0.15, -0.1) is 0 Å². The Morgan fingerprint density at radius 3 is 2.10 bits per heavy atom. The maximum Gasteiger partial charge on any atom is 0.325 e. The van der Waals surface area contributed by atoms with Gasteiger partial charge in [-0.3, -0.25) is 14.4 Å². The molecule has 154 valence electrons. The number of ether oxygens (including phenoxy) is 1. The van der Waals surface area contributed by atoms with Crippen LogP contribution < -0.4 is 5.32 Å². The monoisotopic (exact) mass is 396 g/mol. The topological polar surface area (TPSA) is 75.7 Å². The largest absolute Gasteiger partial charge is 0.465 e. The third-order valence-corrected chi connectivity index (χ3v) is 4.41. The first-order valence-electron chi connectivity index (χ1n) is 9.76. The van der Waals surface area contributed by atoms with Gasteiger partial charge in [-0.2, -0.15) is 0 Å². The lowest BCUT2D eigenvalue weighted by atomic mass is 10.0. The summed E-state index contributed by atoms with van der Waals surface area (Å²) in [7, 11) is 0. The van der Waals surface area contributed by atoms with Crippen molar-refractivity contribution in [1.29, 1.82) is 0 Å². The molecule has 6 nitrogen and oxygen atoms in total. The van der Waals surface area contributed by atoms with Crippen molar-refractivity contribution in [1.82, 2.24) is 10.2 Å². The van der Waals surface area contributed by atoms with E-state index in [2.05, 4.69) is 5.32 Å². The molecule has 2 rings (SSSR count). The first-order valence-corrected chi connectivity index (χ1v) is 9.76.